The van der Waals surface area contributed by atoms with Gasteiger partial charge in [-0.3, -0.25) is 4.79 Å². The lowest BCUT2D eigenvalue weighted by molar-refractivity contribution is -0.116. The number of halogens is 1. The smallest absolute Gasteiger partial charge is 0.356 e. The standard InChI is InChI=1S/C13H12ClN3O3S/c14-11-3-1-9(21-11)2-4-12(18)15-5-6-17-7-10(13(19)20)16-8-17/h1-4,7-8H,5-6H2,(H,15,18)(H,19,20)/b4-2+. The van der Waals surface area contributed by atoms with E-state index in [-0.39, 0.29) is 11.6 Å². The summed E-state index contributed by atoms with van der Waals surface area (Å²) in [7, 11) is 0. The molecule has 2 heterocycles. The van der Waals surface area contributed by atoms with E-state index in [0.717, 1.165) is 4.88 Å². The molecule has 0 radical (unpaired) electrons. The summed E-state index contributed by atoms with van der Waals surface area (Å²) in [6, 6.07) is 3.60. The van der Waals surface area contributed by atoms with Gasteiger partial charge in [-0.1, -0.05) is 11.6 Å². The molecule has 0 aromatic carbocycles. The lowest BCUT2D eigenvalue weighted by atomic mass is 10.4. The lowest BCUT2D eigenvalue weighted by Crippen LogP contribution is -2.25. The van der Waals surface area contributed by atoms with Crippen molar-refractivity contribution in [2.75, 3.05) is 6.54 Å². The summed E-state index contributed by atoms with van der Waals surface area (Å²) < 4.78 is 2.27. The number of carbonyl (C=O) groups is 2. The van der Waals surface area contributed by atoms with Gasteiger partial charge in [0.05, 0.1) is 10.7 Å². The lowest BCUT2D eigenvalue weighted by Gasteiger charge is -2.02. The van der Waals surface area contributed by atoms with Gasteiger partial charge in [-0.15, -0.1) is 11.3 Å². The molecule has 0 fully saturated rings. The first-order valence-electron chi connectivity index (χ1n) is 6.01. The van der Waals surface area contributed by atoms with Crippen molar-refractivity contribution in [1.29, 1.82) is 0 Å². The number of amides is 1. The zero-order valence-electron chi connectivity index (χ0n) is 10.8. The van der Waals surface area contributed by atoms with Gasteiger partial charge in [-0.25, -0.2) is 9.78 Å². The molecule has 0 saturated heterocycles. The van der Waals surface area contributed by atoms with Gasteiger partial charge >= 0.3 is 5.97 Å². The molecule has 2 aromatic rings. The maximum Gasteiger partial charge on any atom is 0.356 e. The highest BCUT2D eigenvalue weighted by Crippen LogP contribution is 2.22. The molecule has 2 rings (SSSR count). The van der Waals surface area contributed by atoms with Gasteiger partial charge in [-0.05, 0) is 18.2 Å². The Bertz CT molecular complexity index is 678. The van der Waals surface area contributed by atoms with Gasteiger partial charge in [0.25, 0.3) is 0 Å². The molecule has 0 spiro atoms. The minimum absolute atomic E-state index is 0.0178. The Labute approximate surface area is 129 Å². The van der Waals surface area contributed by atoms with Crippen LogP contribution in [0.1, 0.15) is 15.4 Å². The van der Waals surface area contributed by atoms with Gasteiger partial charge in [0.15, 0.2) is 5.69 Å². The summed E-state index contributed by atoms with van der Waals surface area (Å²) in [5.74, 6) is -1.30. The predicted octanol–water partition coefficient (Wildman–Crippen LogP) is 2.13. The Kier molecular flexibility index (Phi) is 5.13. The minimum Gasteiger partial charge on any atom is -0.476 e. The minimum atomic E-state index is -1.07. The summed E-state index contributed by atoms with van der Waals surface area (Å²) in [5.41, 5.74) is -0.0178. The highest BCUT2D eigenvalue weighted by atomic mass is 35.5. The van der Waals surface area contributed by atoms with E-state index in [2.05, 4.69) is 10.3 Å². The fraction of sp³-hybridized carbons (Fsp3) is 0.154. The van der Waals surface area contributed by atoms with E-state index in [0.29, 0.717) is 17.4 Å². The Morgan fingerprint density at radius 1 is 1.48 bits per heavy atom. The molecule has 21 heavy (non-hydrogen) atoms. The Balaban J connectivity index is 1.76. The largest absolute Gasteiger partial charge is 0.476 e. The van der Waals surface area contributed by atoms with Crippen LogP contribution >= 0.6 is 22.9 Å². The van der Waals surface area contributed by atoms with Crippen molar-refractivity contribution in [3.8, 4) is 0 Å². The number of thiophene rings is 1. The molecule has 0 unspecified atom stereocenters. The molecule has 0 aliphatic heterocycles. The average molecular weight is 326 g/mol. The molecule has 2 N–H and O–H groups in total. The van der Waals surface area contributed by atoms with Crippen LogP contribution < -0.4 is 5.32 Å². The van der Waals surface area contributed by atoms with Crippen molar-refractivity contribution < 1.29 is 14.7 Å². The van der Waals surface area contributed by atoms with Crippen LogP contribution in [0.2, 0.25) is 4.34 Å². The molecular formula is C13H12ClN3O3S. The summed E-state index contributed by atoms with van der Waals surface area (Å²) in [4.78, 5) is 26.9. The third-order valence-electron chi connectivity index (χ3n) is 2.51. The van der Waals surface area contributed by atoms with E-state index in [1.807, 2.05) is 6.07 Å². The molecule has 2 aromatic heterocycles. The van der Waals surface area contributed by atoms with Crippen LogP contribution in [-0.4, -0.2) is 33.1 Å². The van der Waals surface area contributed by atoms with Gasteiger partial charge < -0.3 is 15.0 Å². The predicted molar refractivity (Wildman–Crippen MR) is 80.6 cm³/mol. The number of nitrogens with zero attached hydrogens (tertiary/aromatic N) is 2. The van der Waals surface area contributed by atoms with Gasteiger partial charge in [0.2, 0.25) is 5.91 Å². The normalized spacial score (nSPS) is 10.9. The van der Waals surface area contributed by atoms with Crippen molar-refractivity contribution in [3.63, 3.8) is 0 Å². The quantitative estimate of drug-likeness (QED) is 0.797. The number of hydrogen-bond acceptors (Lipinski definition) is 4. The number of carboxylic acid groups (broad SMARTS) is 1. The monoisotopic (exact) mass is 325 g/mol. The van der Waals surface area contributed by atoms with E-state index in [1.165, 1.54) is 29.9 Å². The van der Waals surface area contributed by atoms with Crippen LogP contribution in [0.25, 0.3) is 6.08 Å². The van der Waals surface area contributed by atoms with Crippen LogP contribution in [0.3, 0.4) is 0 Å². The molecule has 0 saturated carbocycles. The number of aromatic carboxylic acids is 1. The summed E-state index contributed by atoms with van der Waals surface area (Å²) in [6.45, 7) is 0.828. The molecular weight excluding hydrogens is 314 g/mol. The maximum absolute atomic E-state index is 11.6. The third kappa shape index (κ3) is 4.73. The van der Waals surface area contributed by atoms with Crippen molar-refractivity contribution >= 4 is 40.9 Å². The second kappa shape index (κ2) is 7.05. The molecule has 0 atom stereocenters. The van der Waals surface area contributed by atoms with Gasteiger partial charge in [0, 0.05) is 30.2 Å². The van der Waals surface area contributed by atoms with E-state index >= 15 is 0 Å². The zero-order valence-corrected chi connectivity index (χ0v) is 12.4. The number of aromatic nitrogens is 2. The number of nitrogens with one attached hydrogen (secondary N) is 1. The fourth-order valence-electron chi connectivity index (χ4n) is 1.54. The van der Waals surface area contributed by atoms with E-state index in [1.54, 1.807) is 16.7 Å². The topological polar surface area (TPSA) is 84.2 Å². The molecule has 0 aliphatic carbocycles. The van der Waals surface area contributed by atoms with Crippen LogP contribution in [0.4, 0.5) is 0 Å². The number of carboxylic acids is 1. The molecule has 0 aliphatic rings. The van der Waals surface area contributed by atoms with Gasteiger partial charge in [0.1, 0.15) is 0 Å². The fourth-order valence-corrected chi connectivity index (χ4v) is 2.50. The molecule has 6 nitrogen and oxygen atoms in total. The van der Waals surface area contributed by atoms with Crippen molar-refractivity contribution in [2.24, 2.45) is 0 Å². The number of carbonyl (C=O) groups excluding carboxylic acids is 1. The van der Waals surface area contributed by atoms with Crippen LogP contribution in [0.15, 0.2) is 30.7 Å². The van der Waals surface area contributed by atoms with Crippen molar-refractivity contribution in [1.82, 2.24) is 14.9 Å². The second-order valence-corrected chi connectivity index (χ2v) is 5.81. The Morgan fingerprint density at radius 3 is 2.90 bits per heavy atom. The van der Waals surface area contributed by atoms with Crippen molar-refractivity contribution in [2.45, 2.75) is 6.54 Å². The second-order valence-electron chi connectivity index (χ2n) is 4.07. The first-order valence-corrected chi connectivity index (χ1v) is 7.20. The summed E-state index contributed by atoms with van der Waals surface area (Å²) >= 11 is 7.17. The first-order chi connectivity index (χ1) is 10.0. The highest BCUT2D eigenvalue weighted by molar-refractivity contribution is 7.17. The van der Waals surface area contributed by atoms with E-state index < -0.39 is 5.97 Å². The van der Waals surface area contributed by atoms with Crippen LogP contribution in [0.5, 0.6) is 0 Å². The average Bonchev–Trinajstić information content (AvgIpc) is 3.05. The van der Waals surface area contributed by atoms with Crippen LogP contribution in [0, 0.1) is 0 Å². The van der Waals surface area contributed by atoms with Gasteiger partial charge in [-0.2, -0.15) is 0 Å². The van der Waals surface area contributed by atoms with Crippen LogP contribution in [-0.2, 0) is 11.3 Å². The Morgan fingerprint density at radius 2 is 2.29 bits per heavy atom. The van der Waals surface area contributed by atoms with E-state index in [9.17, 15) is 9.59 Å². The summed E-state index contributed by atoms with van der Waals surface area (Å²) in [5, 5.41) is 11.4. The molecule has 110 valence electrons. The molecule has 8 heteroatoms. The zero-order chi connectivity index (χ0) is 15.2. The van der Waals surface area contributed by atoms with Crippen molar-refractivity contribution in [3.05, 3.63) is 45.6 Å². The summed E-state index contributed by atoms with van der Waals surface area (Å²) in [6.07, 6.45) is 5.95. The maximum atomic E-state index is 11.6. The first kappa shape index (κ1) is 15.3. The van der Waals surface area contributed by atoms with E-state index in [4.69, 9.17) is 16.7 Å². The molecule has 1 amide bonds. The number of rotatable bonds is 6. The Hall–Kier alpha value is -2.12. The number of imidazole rings is 1. The number of hydrogen-bond donors (Lipinski definition) is 2. The third-order valence-corrected chi connectivity index (χ3v) is 3.71. The SMILES string of the molecule is O=C(/C=C/c1ccc(Cl)s1)NCCn1cnc(C(=O)O)c1. The highest BCUT2D eigenvalue weighted by Gasteiger charge is 2.06. The molecule has 0 bridgehead atoms.